The lowest BCUT2D eigenvalue weighted by Crippen LogP contribution is -2.34. The van der Waals surface area contributed by atoms with Crippen molar-refractivity contribution in [3.8, 4) is 5.75 Å². The van der Waals surface area contributed by atoms with Crippen molar-refractivity contribution in [2.75, 3.05) is 6.61 Å². The lowest BCUT2D eigenvalue weighted by atomic mass is 9.60. The van der Waals surface area contributed by atoms with Gasteiger partial charge >= 0.3 is 0 Å². The topological polar surface area (TPSA) is 9.23 Å². The highest BCUT2D eigenvalue weighted by molar-refractivity contribution is 5.33. The number of benzene rings is 1. The smallest absolute Gasteiger partial charge is 0.200 e. The molecular formula is C31H48F2O. The maximum Gasteiger partial charge on any atom is 0.200 e. The molecule has 0 N–H and O–H groups in total. The molecule has 0 amide bonds. The van der Waals surface area contributed by atoms with Gasteiger partial charge in [-0.3, -0.25) is 0 Å². The number of fused-ring (bicyclic) bond motifs is 1. The molecule has 0 aliphatic heterocycles. The summed E-state index contributed by atoms with van der Waals surface area (Å²) >= 11 is 0. The van der Waals surface area contributed by atoms with Gasteiger partial charge in [0, 0.05) is 0 Å². The maximum atomic E-state index is 14.9. The molecule has 3 fully saturated rings. The average Bonchev–Trinajstić information content (AvgIpc) is 2.87. The summed E-state index contributed by atoms with van der Waals surface area (Å²) in [6, 6.07) is 3.44. The Labute approximate surface area is 207 Å². The van der Waals surface area contributed by atoms with Gasteiger partial charge in [0.2, 0.25) is 5.82 Å². The first-order valence-electron chi connectivity index (χ1n) is 14.7. The van der Waals surface area contributed by atoms with Crippen molar-refractivity contribution in [3.63, 3.8) is 0 Å². The molecule has 3 heteroatoms. The van der Waals surface area contributed by atoms with Gasteiger partial charge in [-0.15, -0.1) is 0 Å². The molecule has 0 bridgehead atoms. The quantitative estimate of drug-likeness (QED) is 0.307. The first-order chi connectivity index (χ1) is 16.6. The summed E-state index contributed by atoms with van der Waals surface area (Å²) in [5.74, 6) is 3.13. The van der Waals surface area contributed by atoms with E-state index in [-0.39, 0.29) is 11.7 Å². The molecule has 4 unspecified atom stereocenters. The van der Waals surface area contributed by atoms with Crippen LogP contribution in [0, 0.1) is 41.2 Å². The number of hydrogen-bond donors (Lipinski definition) is 0. The van der Waals surface area contributed by atoms with Crippen molar-refractivity contribution >= 4 is 0 Å². The Hall–Kier alpha value is -1.12. The van der Waals surface area contributed by atoms with Crippen LogP contribution >= 0.6 is 0 Å². The van der Waals surface area contributed by atoms with E-state index in [0.29, 0.717) is 18.1 Å². The Morgan fingerprint density at radius 2 is 1.38 bits per heavy atom. The van der Waals surface area contributed by atoms with E-state index in [1.54, 1.807) is 12.1 Å². The van der Waals surface area contributed by atoms with Crippen LogP contribution in [0.2, 0.25) is 0 Å². The third kappa shape index (κ3) is 6.35. The largest absolute Gasteiger partial charge is 0.490 e. The number of rotatable bonds is 10. The van der Waals surface area contributed by atoms with E-state index in [0.717, 1.165) is 42.9 Å². The van der Waals surface area contributed by atoms with E-state index < -0.39 is 11.6 Å². The second-order valence-corrected chi connectivity index (χ2v) is 11.9. The van der Waals surface area contributed by atoms with Gasteiger partial charge in [0.1, 0.15) is 0 Å². The fourth-order valence-electron chi connectivity index (χ4n) is 7.63. The van der Waals surface area contributed by atoms with Crippen molar-refractivity contribution in [3.05, 3.63) is 29.3 Å². The van der Waals surface area contributed by atoms with Crippen molar-refractivity contribution < 1.29 is 13.5 Å². The van der Waals surface area contributed by atoms with Crippen molar-refractivity contribution in [2.24, 2.45) is 29.6 Å². The van der Waals surface area contributed by atoms with Gasteiger partial charge in [-0.05, 0) is 105 Å². The van der Waals surface area contributed by atoms with Gasteiger partial charge in [0.05, 0.1) is 6.61 Å². The van der Waals surface area contributed by atoms with Crippen LogP contribution in [0.3, 0.4) is 0 Å². The molecule has 1 aromatic carbocycles. The first-order valence-corrected chi connectivity index (χ1v) is 14.7. The SMILES string of the molecule is CCCCCCC1CCC(C2CCC3CC(c4ccc(OCCC)c(F)c4F)CCC3C2)CC1. The Bertz CT molecular complexity index is 754. The molecule has 0 radical (unpaired) electrons. The Kier molecular flexibility index (Phi) is 9.71. The molecule has 3 aliphatic rings. The predicted molar refractivity (Wildman–Crippen MR) is 137 cm³/mol. The van der Waals surface area contributed by atoms with Gasteiger partial charge in [-0.25, -0.2) is 4.39 Å². The molecule has 1 aromatic rings. The normalized spacial score (nSPS) is 31.8. The molecule has 3 saturated carbocycles. The summed E-state index contributed by atoms with van der Waals surface area (Å²) in [6.07, 6.45) is 21.0. The van der Waals surface area contributed by atoms with E-state index in [2.05, 4.69) is 6.92 Å². The van der Waals surface area contributed by atoms with Crippen LogP contribution in [0.15, 0.2) is 12.1 Å². The highest BCUT2D eigenvalue weighted by atomic mass is 19.2. The lowest BCUT2D eigenvalue weighted by molar-refractivity contribution is 0.0705. The van der Waals surface area contributed by atoms with Crippen LogP contribution in [-0.2, 0) is 0 Å². The second-order valence-electron chi connectivity index (χ2n) is 11.9. The zero-order chi connectivity index (χ0) is 23.9. The lowest BCUT2D eigenvalue weighted by Gasteiger charge is -2.45. The third-order valence-corrected chi connectivity index (χ3v) is 9.66. The van der Waals surface area contributed by atoms with Crippen LogP contribution in [-0.4, -0.2) is 6.61 Å². The summed E-state index contributed by atoms with van der Waals surface area (Å²) in [7, 11) is 0. The predicted octanol–water partition coefficient (Wildman–Crippen LogP) is 9.83. The molecule has 34 heavy (non-hydrogen) atoms. The minimum atomic E-state index is -0.794. The van der Waals surface area contributed by atoms with E-state index >= 15 is 0 Å². The summed E-state index contributed by atoms with van der Waals surface area (Å²) in [5, 5.41) is 0. The Balaban J connectivity index is 1.25. The summed E-state index contributed by atoms with van der Waals surface area (Å²) in [6.45, 7) is 4.69. The van der Waals surface area contributed by atoms with Crippen molar-refractivity contribution in [1.29, 1.82) is 0 Å². The molecule has 0 saturated heterocycles. The fourth-order valence-corrected chi connectivity index (χ4v) is 7.63. The van der Waals surface area contributed by atoms with Crippen LogP contribution in [0.5, 0.6) is 5.75 Å². The average molecular weight is 475 g/mol. The molecule has 0 heterocycles. The fraction of sp³-hybridized carbons (Fsp3) is 0.806. The Morgan fingerprint density at radius 1 is 0.706 bits per heavy atom. The highest BCUT2D eigenvalue weighted by Gasteiger charge is 2.39. The third-order valence-electron chi connectivity index (χ3n) is 9.66. The molecular weight excluding hydrogens is 426 g/mol. The minimum absolute atomic E-state index is 0.0629. The number of hydrogen-bond acceptors (Lipinski definition) is 1. The van der Waals surface area contributed by atoms with E-state index in [1.807, 2.05) is 6.92 Å². The van der Waals surface area contributed by atoms with Crippen LogP contribution in [0.1, 0.15) is 128 Å². The van der Waals surface area contributed by atoms with E-state index in [9.17, 15) is 8.78 Å². The second kappa shape index (κ2) is 12.7. The molecule has 3 aliphatic carbocycles. The standard InChI is InChI=1S/C31H48F2O/c1-3-5-6-7-8-22-9-11-23(12-10-22)24-13-14-26-21-27(16-15-25(26)20-24)28-17-18-29(34-19-4-2)31(33)30(28)32/h17-18,22-27H,3-16,19-21H2,1-2H3. The van der Waals surface area contributed by atoms with Crippen molar-refractivity contribution in [2.45, 2.75) is 122 Å². The number of halogens is 2. The van der Waals surface area contributed by atoms with Gasteiger partial charge in [-0.2, -0.15) is 4.39 Å². The minimum Gasteiger partial charge on any atom is -0.490 e. The van der Waals surface area contributed by atoms with Crippen LogP contribution in [0.4, 0.5) is 8.78 Å². The van der Waals surface area contributed by atoms with E-state index in [1.165, 1.54) is 83.5 Å². The number of unbranched alkanes of at least 4 members (excludes halogenated alkanes) is 3. The molecule has 4 rings (SSSR count). The zero-order valence-electron chi connectivity index (χ0n) is 21.8. The summed E-state index contributed by atoms with van der Waals surface area (Å²) < 4.78 is 34.8. The molecule has 1 nitrogen and oxygen atoms in total. The van der Waals surface area contributed by atoms with Crippen LogP contribution in [0.25, 0.3) is 0 Å². The molecule has 0 aromatic heterocycles. The molecule has 192 valence electrons. The van der Waals surface area contributed by atoms with Gasteiger partial charge in [-0.1, -0.05) is 64.9 Å². The van der Waals surface area contributed by atoms with Gasteiger partial charge in [0.15, 0.2) is 11.6 Å². The van der Waals surface area contributed by atoms with Gasteiger partial charge in [0.25, 0.3) is 0 Å². The molecule has 0 spiro atoms. The zero-order valence-corrected chi connectivity index (χ0v) is 21.8. The number of ether oxygens (including phenoxy) is 1. The highest BCUT2D eigenvalue weighted by Crippen LogP contribution is 2.51. The first kappa shape index (κ1) is 26.0. The van der Waals surface area contributed by atoms with Crippen molar-refractivity contribution in [1.82, 2.24) is 0 Å². The monoisotopic (exact) mass is 474 g/mol. The summed E-state index contributed by atoms with van der Waals surface area (Å²) in [5.41, 5.74) is 0.583. The maximum absolute atomic E-state index is 14.9. The Morgan fingerprint density at radius 3 is 2.12 bits per heavy atom. The molecule has 4 atom stereocenters. The van der Waals surface area contributed by atoms with E-state index in [4.69, 9.17) is 4.74 Å². The van der Waals surface area contributed by atoms with Crippen LogP contribution < -0.4 is 4.74 Å². The summed E-state index contributed by atoms with van der Waals surface area (Å²) in [4.78, 5) is 0. The van der Waals surface area contributed by atoms with Gasteiger partial charge < -0.3 is 4.74 Å².